The van der Waals surface area contributed by atoms with E-state index in [9.17, 15) is 26.4 Å². The molecule has 1 aromatic heterocycles. The van der Waals surface area contributed by atoms with Crippen molar-refractivity contribution in [3.63, 3.8) is 0 Å². The van der Waals surface area contributed by atoms with E-state index in [-0.39, 0.29) is 15.5 Å². The number of aryl methyl sites for hydroxylation is 1. The maximum atomic E-state index is 12.8. The summed E-state index contributed by atoms with van der Waals surface area (Å²) in [7, 11) is -3.65. The van der Waals surface area contributed by atoms with Crippen LogP contribution in [0.5, 0.6) is 0 Å². The first-order valence-corrected chi connectivity index (χ1v) is 11.7. The minimum atomic E-state index is -4.55. The third-order valence-electron chi connectivity index (χ3n) is 4.16. The van der Waals surface area contributed by atoms with Crippen LogP contribution in [0.25, 0.3) is 0 Å². The minimum absolute atomic E-state index is 0.108. The Labute approximate surface area is 169 Å². The van der Waals surface area contributed by atoms with Crippen molar-refractivity contribution in [2.24, 2.45) is 0 Å². The number of hydrogen-bond acceptors (Lipinski definition) is 5. The van der Waals surface area contributed by atoms with Gasteiger partial charge in [-0.25, -0.2) is 8.42 Å². The Morgan fingerprint density at radius 3 is 2.50 bits per heavy atom. The summed E-state index contributed by atoms with van der Waals surface area (Å²) in [6, 6.07) is 5.44. The zero-order chi connectivity index (χ0) is 20.5. The molecule has 0 saturated carbocycles. The number of carbonyl (C=O) groups excluding carboxylic acids is 1. The van der Waals surface area contributed by atoms with Crippen LogP contribution >= 0.6 is 23.1 Å². The number of nitrogens with zero attached hydrogens (tertiary/aromatic N) is 1. The van der Waals surface area contributed by atoms with E-state index < -0.39 is 27.7 Å². The molecule has 1 saturated heterocycles. The Bertz CT molecular complexity index is 981. The molecule has 1 aliphatic heterocycles. The number of benzene rings is 1. The van der Waals surface area contributed by atoms with Gasteiger partial charge in [-0.1, -0.05) is 6.07 Å². The molecule has 1 aliphatic rings. The molecular weight excluding hydrogens is 433 g/mol. The van der Waals surface area contributed by atoms with Crippen LogP contribution in [0.15, 0.2) is 34.5 Å². The van der Waals surface area contributed by atoms with Crippen molar-refractivity contribution >= 4 is 44.7 Å². The smallest absolute Gasteiger partial charge is 0.321 e. The van der Waals surface area contributed by atoms with Gasteiger partial charge in [-0.3, -0.25) is 4.79 Å². The van der Waals surface area contributed by atoms with Crippen molar-refractivity contribution in [1.82, 2.24) is 4.31 Å². The van der Waals surface area contributed by atoms with Crippen molar-refractivity contribution in [1.29, 1.82) is 0 Å². The van der Waals surface area contributed by atoms with Gasteiger partial charge in [-0.2, -0.15) is 29.2 Å². The Morgan fingerprint density at radius 1 is 1.18 bits per heavy atom. The second-order valence-electron chi connectivity index (χ2n) is 6.08. The van der Waals surface area contributed by atoms with E-state index in [0.717, 1.165) is 41.0 Å². The molecule has 0 aliphatic carbocycles. The maximum Gasteiger partial charge on any atom is 0.416 e. The summed E-state index contributed by atoms with van der Waals surface area (Å²) in [5, 5.41) is 2.52. The number of anilines is 1. The topological polar surface area (TPSA) is 66.5 Å². The van der Waals surface area contributed by atoms with Crippen LogP contribution in [0.2, 0.25) is 0 Å². The van der Waals surface area contributed by atoms with Gasteiger partial charge in [0.2, 0.25) is 0 Å². The molecule has 0 unspecified atom stereocenters. The molecule has 152 valence electrons. The molecule has 2 aromatic rings. The average molecular weight is 451 g/mol. The number of sulfonamides is 1. The van der Waals surface area contributed by atoms with Crippen molar-refractivity contribution in [3.8, 4) is 0 Å². The number of thiophene rings is 1. The lowest BCUT2D eigenvalue weighted by atomic mass is 10.1. The van der Waals surface area contributed by atoms with Crippen LogP contribution in [0.1, 0.15) is 20.8 Å². The number of nitrogens with one attached hydrogen (secondary N) is 1. The zero-order valence-electron chi connectivity index (χ0n) is 14.7. The van der Waals surface area contributed by atoms with Gasteiger partial charge >= 0.3 is 6.18 Å². The molecule has 2 heterocycles. The highest BCUT2D eigenvalue weighted by atomic mass is 32.2. The summed E-state index contributed by atoms with van der Waals surface area (Å²) >= 11 is 2.72. The van der Waals surface area contributed by atoms with Gasteiger partial charge in [-0.05, 0) is 31.2 Å². The van der Waals surface area contributed by atoms with E-state index in [2.05, 4.69) is 5.32 Å². The van der Waals surface area contributed by atoms with Crippen LogP contribution in [0.4, 0.5) is 18.9 Å². The Hall–Kier alpha value is -1.56. The van der Waals surface area contributed by atoms with Gasteiger partial charge in [0.05, 0.1) is 11.3 Å². The van der Waals surface area contributed by atoms with E-state index in [0.29, 0.717) is 18.0 Å². The van der Waals surface area contributed by atoms with E-state index in [1.165, 1.54) is 16.4 Å². The molecule has 1 aromatic carbocycles. The van der Waals surface area contributed by atoms with Gasteiger partial charge in [0.1, 0.15) is 4.21 Å². The molecule has 0 radical (unpaired) electrons. The number of halogens is 3. The second-order valence-corrected chi connectivity index (χ2v) is 10.7. The van der Waals surface area contributed by atoms with Gasteiger partial charge in [0, 0.05) is 35.0 Å². The SMILES string of the molecule is Cc1sc(S(=O)(=O)N2CCSCC2)cc1NC(=O)c1cccc(C(F)(F)F)c1. The Balaban J connectivity index is 1.81. The molecule has 1 fully saturated rings. The fraction of sp³-hybridized carbons (Fsp3) is 0.353. The summed E-state index contributed by atoms with van der Waals surface area (Å²) in [5.74, 6) is 0.719. The summed E-state index contributed by atoms with van der Waals surface area (Å²) in [5.41, 5.74) is -0.802. The Kier molecular flexibility index (Phi) is 6.08. The molecule has 3 rings (SSSR count). The molecule has 1 amide bonds. The third kappa shape index (κ3) is 4.53. The summed E-state index contributed by atoms with van der Waals surface area (Å²) in [4.78, 5) is 12.9. The van der Waals surface area contributed by atoms with Crippen LogP contribution in [0.3, 0.4) is 0 Å². The normalized spacial score (nSPS) is 16.1. The van der Waals surface area contributed by atoms with Crippen LogP contribution in [-0.2, 0) is 16.2 Å². The largest absolute Gasteiger partial charge is 0.416 e. The first kappa shape index (κ1) is 21.2. The summed E-state index contributed by atoms with van der Waals surface area (Å²) < 4.78 is 65.5. The molecule has 28 heavy (non-hydrogen) atoms. The van der Waals surface area contributed by atoms with E-state index in [1.54, 1.807) is 18.7 Å². The lowest BCUT2D eigenvalue weighted by Crippen LogP contribution is -2.37. The highest BCUT2D eigenvalue weighted by Gasteiger charge is 2.31. The third-order valence-corrected chi connectivity index (χ3v) is 8.50. The van der Waals surface area contributed by atoms with Crippen LogP contribution < -0.4 is 5.32 Å². The van der Waals surface area contributed by atoms with Crippen molar-refractivity contribution in [2.45, 2.75) is 17.3 Å². The Morgan fingerprint density at radius 2 is 1.86 bits per heavy atom. The monoisotopic (exact) mass is 450 g/mol. The molecule has 0 bridgehead atoms. The van der Waals surface area contributed by atoms with Crippen LogP contribution in [0, 0.1) is 6.92 Å². The molecule has 5 nitrogen and oxygen atoms in total. The zero-order valence-corrected chi connectivity index (χ0v) is 17.2. The van der Waals surface area contributed by atoms with Crippen molar-refractivity contribution < 1.29 is 26.4 Å². The van der Waals surface area contributed by atoms with E-state index in [4.69, 9.17) is 0 Å². The molecule has 0 atom stereocenters. The number of thioether (sulfide) groups is 1. The average Bonchev–Trinajstić information content (AvgIpc) is 3.03. The molecular formula is C17H17F3N2O3S3. The first-order valence-electron chi connectivity index (χ1n) is 8.26. The lowest BCUT2D eigenvalue weighted by Gasteiger charge is -2.24. The molecule has 0 spiro atoms. The quantitative estimate of drug-likeness (QED) is 0.763. The molecule has 11 heteroatoms. The molecule has 1 N–H and O–H groups in total. The van der Waals surface area contributed by atoms with E-state index in [1.807, 2.05) is 0 Å². The minimum Gasteiger partial charge on any atom is -0.321 e. The van der Waals surface area contributed by atoms with Gasteiger partial charge in [0.25, 0.3) is 15.9 Å². The second kappa shape index (κ2) is 8.05. The van der Waals surface area contributed by atoms with E-state index >= 15 is 0 Å². The highest BCUT2D eigenvalue weighted by Crippen LogP contribution is 2.33. The number of carbonyl (C=O) groups is 1. The summed E-state index contributed by atoms with van der Waals surface area (Å²) in [6.07, 6.45) is -4.55. The summed E-state index contributed by atoms with van der Waals surface area (Å²) in [6.45, 7) is 2.50. The number of rotatable bonds is 4. The number of amides is 1. The lowest BCUT2D eigenvalue weighted by molar-refractivity contribution is -0.137. The van der Waals surface area contributed by atoms with Gasteiger partial charge in [-0.15, -0.1) is 11.3 Å². The predicted octanol–water partition coefficient (Wildman–Crippen LogP) is 4.07. The van der Waals surface area contributed by atoms with Crippen LogP contribution in [-0.4, -0.2) is 43.2 Å². The first-order chi connectivity index (χ1) is 13.1. The van der Waals surface area contributed by atoms with Crippen molar-refractivity contribution in [3.05, 3.63) is 46.3 Å². The predicted molar refractivity (Wildman–Crippen MR) is 105 cm³/mol. The number of hydrogen-bond donors (Lipinski definition) is 1. The van der Waals surface area contributed by atoms with Gasteiger partial charge in [0.15, 0.2) is 0 Å². The standard InChI is InChI=1S/C17H17F3N2O3S3/c1-11-14(10-15(27-11)28(24,25)22-5-7-26-8-6-22)21-16(23)12-3-2-4-13(9-12)17(18,19)20/h2-4,9-10H,5-8H2,1H3,(H,21,23). The van der Waals surface area contributed by atoms with Crippen molar-refractivity contribution in [2.75, 3.05) is 29.9 Å². The maximum absolute atomic E-state index is 12.8. The number of alkyl halides is 3. The fourth-order valence-electron chi connectivity index (χ4n) is 2.65. The fourth-order valence-corrected chi connectivity index (χ4v) is 6.78. The van der Waals surface area contributed by atoms with Gasteiger partial charge < -0.3 is 5.32 Å². The highest BCUT2D eigenvalue weighted by molar-refractivity contribution is 7.99.